The van der Waals surface area contributed by atoms with Crippen molar-refractivity contribution in [3.05, 3.63) is 23.8 Å². The van der Waals surface area contributed by atoms with Crippen molar-refractivity contribution >= 4 is 23.2 Å². The van der Waals surface area contributed by atoms with Crippen LogP contribution in [0.3, 0.4) is 0 Å². The Morgan fingerprint density at radius 3 is 2.85 bits per heavy atom. The molecule has 1 aromatic rings. The molecule has 1 heterocycles. The Labute approximate surface area is 118 Å². The number of amides is 2. The SMILES string of the molecule is CCNC(=O)c1ccc(N)cc1N1CCCC1C(N)=O. The topological polar surface area (TPSA) is 101 Å². The van der Waals surface area contributed by atoms with E-state index in [1.807, 2.05) is 11.8 Å². The molecular weight excluding hydrogens is 256 g/mol. The molecule has 0 aromatic heterocycles. The fourth-order valence-electron chi connectivity index (χ4n) is 2.58. The summed E-state index contributed by atoms with van der Waals surface area (Å²) in [4.78, 5) is 25.5. The van der Waals surface area contributed by atoms with Gasteiger partial charge in [0.25, 0.3) is 5.91 Å². The van der Waals surface area contributed by atoms with Crippen LogP contribution in [-0.2, 0) is 4.79 Å². The van der Waals surface area contributed by atoms with Crippen LogP contribution in [0.1, 0.15) is 30.1 Å². The molecule has 1 aliphatic rings. The van der Waals surface area contributed by atoms with E-state index in [1.54, 1.807) is 18.2 Å². The molecule has 0 radical (unpaired) electrons. The molecule has 0 bridgehead atoms. The zero-order valence-electron chi connectivity index (χ0n) is 11.6. The number of nitrogens with one attached hydrogen (secondary N) is 1. The lowest BCUT2D eigenvalue weighted by atomic mass is 10.1. The van der Waals surface area contributed by atoms with E-state index in [9.17, 15) is 9.59 Å². The zero-order valence-corrected chi connectivity index (χ0v) is 11.6. The second-order valence-electron chi connectivity index (χ2n) is 4.89. The number of hydrogen-bond donors (Lipinski definition) is 3. The van der Waals surface area contributed by atoms with Crippen LogP contribution in [0, 0.1) is 0 Å². The van der Waals surface area contributed by atoms with Crippen LogP contribution in [-0.4, -0.2) is 30.9 Å². The van der Waals surface area contributed by atoms with Crippen molar-refractivity contribution in [3.63, 3.8) is 0 Å². The average Bonchev–Trinajstić information content (AvgIpc) is 2.88. The second-order valence-corrected chi connectivity index (χ2v) is 4.89. The Morgan fingerprint density at radius 1 is 1.45 bits per heavy atom. The molecule has 0 saturated carbocycles. The van der Waals surface area contributed by atoms with Crippen LogP contribution in [0.2, 0.25) is 0 Å². The molecule has 1 atom stereocenters. The maximum atomic E-state index is 12.1. The minimum absolute atomic E-state index is 0.169. The van der Waals surface area contributed by atoms with Crippen molar-refractivity contribution in [2.75, 3.05) is 23.7 Å². The summed E-state index contributed by atoms with van der Waals surface area (Å²) >= 11 is 0. The van der Waals surface area contributed by atoms with Gasteiger partial charge in [0.15, 0.2) is 0 Å². The van der Waals surface area contributed by atoms with Crippen LogP contribution in [0.4, 0.5) is 11.4 Å². The minimum Gasteiger partial charge on any atom is -0.399 e. The van der Waals surface area contributed by atoms with Gasteiger partial charge in [-0.15, -0.1) is 0 Å². The molecule has 6 nitrogen and oxygen atoms in total. The summed E-state index contributed by atoms with van der Waals surface area (Å²) in [5, 5.41) is 2.77. The summed E-state index contributed by atoms with van der Waals surface area (Å²) < 4.78 is 0. The first-order valence-corrected chi connectivity index (χ1v) is 6.78. The summed E-state index contributed by atoms with van der Waals surface area (Å²) in [6, 6.07) is 4.73. The molecule has 5 N–H and O–H groups in total. The van der Waals surface area contributed by atoms with E-state index < -0.39 is 0 Å². The molecule has 6 heteroatoms. The molecule has 2 amide bonds. The number of carbonyl (C=O) groups is 2. The third kappa shape index (κ3) is 2.68. The van der Waals surface area contributed by atoms with Crippen molar-refractivity contribution in [1.82, 2.24) is 5.32 Å². The largest absolute Gasteiger partial charge is 0.399 e. The number of carbonyl (C=O) groups excluding carboxylic acids is 2. The van der Waals surface area contributed by atoms with E-state index in [0.717, 1.165) is 6.42 Å². The van der Waals surface area contributed by atoms with Crippen LogP contribution in [0.15, 0.2) is 18.2 Å². The number of nitrogens with zero attached hydrogens (tertiary/aromatic N) is 1. The van der Waals surface area contributed by atoms with E-state index in [-0.39, 0.29) is 17.9 Å². The lowest BCUT2D eigenvalue weighted by molar-refractivity contribution is -0.119. The van der Waals surface area contributed by atoms with Crippen molar-refractivity contribution in [2.45, 2.75) is 25.8 Å². The van der Waals surface area contributed by atoms with Crippen LogP contribution < -0.4 is 21.7 Å². The quantitative estimate of drug-likeness (QED) is 0.696. The van der Waals surface area contributed by atoms with Crippen molar-refractivity contribution in [3.8, 4) is 0 Å². The van der Waals surface area contributed by atoms with Gasteiger partial charge in [-0.25, -0.2) is 0 Å². The Kier molecular flexibility index (Phi) is 4.12. The number of hydrogen-bond acceptors (Lipinski definition) is 4. The molecular formula is C14H20N4O2. The van der Waals surface area contributed by atoms with Gasteiger partial charge >= 0.3 is 0 Å². The fourth-order valence-corrected chi connectivity index (χ4v) is 2.58. The molecule has 1 saturated heterocycles. The van der Waals surface area contributed by atoms with Crippen molar-refractivity contribution < 1.29 is 9.59 Å². The van der Waals surface area contributed by atoms with Gasteiger partial charge in [-0.2, -0.15) is 0 Å². The molecule has 1 unspecified atom stereocenters. The first-order chi connectivity index (χ1) is 9.54. The monoisotopic (exact) mass is 276 g/mol. The number of nitrogens with two attached hydrogens (primary N) is 2. The van der Waals surface area contributed by atoms with Gasteiger partial charge < -0.3 is 21.7 Å². The van der Waals surface area contributed by atoms with Gasteiger partial charge in [-0.05, 0) is 38.0 Å². The smallest absolute Gasteiger partial charge is 0.253 e. The Bertz CT molecular complexity index is 530. The van der Waals surface area contributed by atoms with Crippen molar-refractivity contribution in [1.29, 1.82) is 0 Å². The molecule has 1 aliphatic heterocycles. The van der Waals surface area contributed by atoms with Gasteiger partial charge in [-0.1, -0.05) is 0 Å². The van der Waals surface area contributed by atoms with E-state index in [2.05, 4.69) is 5.32 Å². The van der Waals surface area contributed by atoms with Gasteiger partial charge in [0.05, 0.1) is 11.3 Å². The van der Waals surface area contributed by atoms with Crippen LogP contribution >= 0.6 is 0 Å². The molecule has 108 valence electrons. The standard InChI is InChI=1S/C14H20N4O2/c1-2-17-14(20)10-6-5-9(15)8-12(10)18-7-3-4-11(18)13(16)19/h5-6,8,11H,2-4,7,15H2,1H3,(H2,16,19)(H,17,20). The molecule has 0 aliphatic carbocycles. The number of benzene rings is 1. The Hall–Kier alpha value is -2.24. The third-order valence-electron chi connectivity index (χ3n) is 3.49. The first-order valence-electron chi connectivity index (χ1n) is 6.78. The average molecular weight is 276 g/mol. The summed E-state index contributed by atoms with van der Waals surface area (Å²) in [6.07, 6.45) is 1.58. The highest BCUT2D eigenvalue weighted by atomic mass is 16.2. The molecule has 1 fully saturated rings. The highest BCUT2D eigenvalue weighted by Crippen LogP contribution is 2.30. The van der Waals surface area contributed by atoms with Crippen molar-refractivity contribution in [2.24, 2.45) is 5.73 Å². The number of rotatable bonds is 4. The molecule has 1 aromatic carbocycles. The second kappa shape index (κ2) is 5.81. The highest BCUT2D eigenvalue weighted by molar-refractivity contribution is 6.01. The zero-order chi connectivity index (χ0) is 14.7. The van der Waals surface area contributed by atoms with E-state index in [4.69, 9.17) is 11.5 Å². The molecule has 2 rings (SSSR count). The van der Waals surface area contributed by atoms with Crippen LogP contribution in [0.5, 0.6) is 0 Å². The minimum atomic E-state index is -0.370. The predicted molar refractivity (Wildman–Crippen MR) is 78.4 cm³/mol. The van der Waals surface area contributed by atoms with E-state index >= 15 is 0 Å². The highest BCUT2D eigenvalue weighted by Gasteiger charge is 2.31. The fraction of sp³-hybridized carbons (Fsp3) is 0.429. The molecule has 0 spiro atoms. The van der Waals surface area contributed by atoms with Gasteiger partial charge in [-0.3, -0.25) is 9.59 Å². The number of anilines is 2. The lowest BCUT2D eigenvalue weighted by Gasteiger charge is -2.26. The van der Waals surface area contributed by atoms with Crippen LogP contribution in [0.25, 0.3) is 0 Å². The van der Waals surface area contributed by atoms with E-state index in [1.165, 1.54) is 0 Å². The van der Waals surface area contributed by atoms with E-state index in [0.29, 0.717) is 36.4 Å². The third-order valence-corrected chi connectivity index (χ3v) is 3.49. The maximum absolute atomic E-state index is 12.1. The Balaban J connectivity index is 2.41. The maximum Gasteiger partial charge on any atom is 0.253 e. The van der Waals surface area contributed by atoms with Gasteiger partial charge in [0, 0.05) is 18.8 Å². The van der Waals surface area contributed by atoms with Gasteiger partial charge in [0.2, 0.25) is 5.91 Å². The number of primary amides is 1. The summed E-state index contributed by atoms with van der Waals surface area (Å²) in [6.45, 7) is 3.10. The predicted octanol–water partition coefficient (Wildman–Crippen LogP) is 0.473. The lowest BCUT2D eigenvalue weighted by Crippen LogP contribution is -2.41. The normalized spacial score (nSPS) is 18.1. The summed E-state index contributed by atoms with van der Waals surface area (Å²) in [7, 11) is 0. The molecule has 20 heavy (non-hydrogen) atoms. The summed E-state index contributed by atoms with van der Waals surface area (Å²) in [5.41, 5.74) is 13.0. The summed E-state index contributed by atoms with van der Waals surface area (Å²) in [5.74, 6) is -0.538. The Morgan fingerprint density at radius 2 is 2.20 bits per heavy atom. The van der Waals surface area contributed by atoms with Gasteiger partial charge in [0.1, 0.15) is 6.04 Å². The first kappa shape index (κ1) is 14.2. The number of nitrogen functional groups attached to an aromatic ring is 1.